The first-order valence-corrected chi connectivity index (χ1v) is 11.4. The fourth-order valence-corrected chi connectivity index (χ4v) is 5.42. The van der Waals surface area contributed by atoms with Crippen LogP contribution in [-0.4, -0.2) is 41.9 Å². The Morgan fingerprint density at radius 2 is 1.88 bits per heavy atom. The molecule has 7 heteroatoms. The first-order chi connectivity index (χ1) is 14.9. The molecule has 0 aromatic rings. The molecule has 2 aliphatic rings. The van der Waals surface area contributed by atoms with Crippen LogP contribution in [0.25, 0.3) is 0 Å². The van der Waals surface area contributed by atoms with Crippen molar-refractivity contribution in [2.45, 2.75) is 72.8 Å². The molecule has 0 bridgehead atoms. The molecule has 32 heavy (non-hydrogen) atoms. The molecule has 0 spiro atoms. The maximum Gasteiger partial charge on any atom is 0.305 e. The number of hydrogen-bond donors (Lipinski definition) is 2. The number of fused-ring (bicyclic) bond motifs is 1. The first kappa shape index (κ1) is 25.8. The molecule has 0 aromatic heterocycles. The highest BCUT2D eigenvalue weighted by atomic mass is 16.5. The number of esters is 1. The summed E-state index contributed by atoms with van der Waals surface area (Å²) in [4.78, 5) is 50.0. The smallest absolute Gasteiger partial charge is 0.305 e. The number of allylic oxidation sites excluding steroid dienone is 4. The van der Waals surface area contributed by atoms with Gasteiger partial charge in [0.05, 0.1) is 13.5 Å². The summed E-state index contributed by atoms with van der Waals surface area (Å²) >= 11 is 0. The van der Waals surface area contributed by atoms with Crippen LogP contribution in [0, 0.1) is 29.1 Å². The number of rotatable bonds is 10. The lowest BCUT2D eigenvalue weighted by Gasteiger charge is -2.45. The number of carbonyl (C=O) groups is 4. The highest BCUT2D eigenvalue weighted by molar-refractivity contribution is 6.09. The third kappa shape index (κ3) is 5.13. The Morgan fingerprint density at radius 3 is 2.44 bits per heavy atom. The van der Waals surface area contributed by atoms with Gasteiger partial charge in [0.15, 0.2) is 0 Å². The number of ether oxygens (including phenoxy) is 1. The molecular formula is C25H37NO6. The van der Waals surface area contributed by atoms with Gasteiger partial charge in [-0.05, 0) is 38.5 Å². The topological polar surface area (TPSA) is 110 Å². The lowest BCUT2D eigenvalue weighted by Crippen LogP contribution is -2.52. The van der Waals surface area contributed by atoms with Gasteiger partial charge in [0.2, 0.25) is 5.91 Å². The van der Waals surface area contributed by atoms with E-state index in [1.165, 1.54) is 7.11 Å². The van der Waals surface area contributed by atoms with Crippen molar-refractivity contribution < 1.29 is 29.0 Å². The van der Waals surface area contributed by atoms with Crippen molar-refractivity contribution in [1.82, 2.24) is 5.32 Å². The third-order valence-electron chi connectivity index (χ3n) is 7.04. The van der Waals surface area contributed by atoms with Crippen molar-refractivity contribution >= 4 is 23.6 Å². The average Bonchev–Trinajstić information content (AvgIpc) is 3.00. The summed E-state index contributed by atoms with van der Waals surface area (Å²) in [7, 11) is 1.34. The Morgan fingerprint density at radius 1 is 1.22 bits per heavy atom. The highest BCUT2D eigenvalue weighted by Crippen LogP contribution is 2.55. The highest BCUT2D eigenvalue weighted by Gasteiger charge is 2.65. The summed E-state index contributed by atoms with van der Waals surface area (Å²) in [6, 6.07) is -0.152. The minimum Gasteiger partial charge on any atom is -0.481 e. The zero-order chi connectivity index (χ0) is 24.2. The average molecular weight is 448 g/mol. The number of carboxylic acid groups (broad SMARTS) is 1. The van der Waals surface area contributed by atoms with Crippen LogP contribution in [0.4, 0.5) is 0 Å². The second-order valence-corrected chi connectivity index (χ2v) is 9.74. The summed E-state index contributed by atoms with van der Waals surface area (Å²) in [6.07, 6.45) is 4.85. The van der Waals surface area contributed by atoms with E-state index < -0.39 is 17.3 Å². The summed E-state index contributed by atoms with van der Waals surface area (Å²) in [5.74, 6) is -2.39. The minimum absolute atomic E-state index is 0.00602. The Labute approximate surface area is 190 Å². The molecule has 1 aliphatic carbocycles. The fourth-order valence-electron chi connectivity index (χ4n) is 5.42. The van der Waals surface area contributed by atoms with Crippen LogP contribution in [0.5, 0.6) is 0 Å². The van der Waals surface area contributed by atoms with Crippen LogP contribution in [0.1, 0.15) is 66.7 Å². The molecule has 1 heterocycles. The normalized spacial score (nSPS) is 29.9. The fraction of sp³-hybridized carbons (Fsp3) is 0.680. The van der Waals surface area contributed by atoms with Crippen LogP contribution in [0.3, 0.4) is 0 Å². The molecule has 0 saturated carbocycles. The van der Waals surface area contributed by atoms with Gasteiger partial charge in [-0.15, -0.1) is 0 Å². The van der Waals surface area contributed by atoms with Crippen LogP contribution >= 0.6 is 0 Å². The molecular weight excluding hydrogens is 410 g/mol. The van der Waals surface area contributed by atoms with Crippen LogP contribution in [0.2, 0.25) is 0 Å². The van der Waals surface area contributed by atoms with Gasteiger partial charge >= 0.3 is 11.9 Å². The van der Waals surface area contributed by atoms with Crippen molar-refractivity contribution in [3.63, 3.8) is 0 Å². The van der Waals surface area contributed by atoms with Crippen molar-refractivity contribution in [1.29, 1.82) is 0 Å². The van der Waals surface area contributed by atoms with Crippen molar-refractivity contribution in [2.75, 3.05) is 7.11 Å². The van der Waals surface area contributed by atoms with E-state index in [1.807, 2.05) is 32.9 Å². The monoisotopic (exact) mass is 447 g/mol. The van der Waals surface area contributed by atoms with Gasteiger partial charge in [-0.25, -0.2) is 0 Å². The van der Waals surface area contributed by atoms with E-state index in [0.29, 0.717) is 12.3 Å². The summed E-state index contributed by atoms with van der Waals surface area (Å²) < 4.78 is 4.72. The van der Waals surface area contributed by atoms with Gasteiger partial charge in [-0.1, -0.05) is 44.1 Å². The molecule has 178 valence electrons. The molecule has 1 fully saturated rings. The Balaban J connectivity index is 2.56. The van der Waals surface area contributed by atoms with Crippen LogP contribution < -0.4 is 5.32 Å². The van der Waals surface area contributed by atoms with E-state index in [9.17, 15) is 19.2 Å². The van der Waals surface area contributed by atoms with Gasteiger partial charge < -0.3 is 15.2 Å². The molecule has 5 atom stereocenters. The van der Waals surface area contributed by atoms with Crippen molar-refractivity contribution in [3.8, 4) is 0 Å². The minimum atomic E-state index is -1.33. The largest absolute Gasteiger partial charge is 0.481 e. The number of carbonyl (C=O) groups excluding carboxylic acids is 3. The lowest BCUT2D eigenvalue weighted by molar-refractivity contribution is -0.148. The second kappa shape index (κ2) is 10.5. The number of carboxylic acids is 1. The Bertz CT molecular complexity index is 826. The van der Waals surface area contributed by atoms with Gasteiger partial charge in [0.1, 0.15) is 11.2 Å². The number of methoxy groups -OCH3 is 1. The second-order valence-electron chi connectivity index (χ2n) is 9.74. The number of ketones is 1. The van der Waals surface area contributed by atoms with Crippen LogP contribution in [0.15, 0.2) is 23.3 Å². The molecule has 2 rings (SSSR count). The maximum atomic E-state index is 13.6. The zero-order valence-electron chi connectivity index (χ0n) is 20.1. The predicted octanol–water partition coefficient (Wildman–Crippen LogP) is 3.68. The zero-order valence-corrected chi connectivity index (χ0v) is 20.1. The summed E-state index contributed by atoms with van der Waals surface area (Å²) in [6.45, 7) is 10.1. The number of hydrogen-bond acceptors (Lipinski definition) is 5. The maximum absolute atomic E-state index is 13.6. The van der Waals surface area contributed by atoms with E-state index in [-0.39, 0.29) is 54.8 Å². The summed E-state index contributed by atoms with van der Waals surface area (Å²) in [5.41, 5.74) is 0.674. The molecule has 1 aliphatic heterocycles. The standard InChI is InChI=1S/C25H37NO6/c1-14(2)11-19-23-17(5)16(4)13-18(12-15(3)7-10-22(30)32-6)25(23,24(31)26-19)20(27)8-9-21(28)29/h12-14,17-19,23H,7-11H2,1-6H3,(H,26,31)(H,28,29). The number of amides is 1. The molecule has 1 amide bonds. The van der Waals surface area contributed by atoms with Crippen molar-refractivity contribution in [2.24, 2.45) is 29.1 Å². The van der Waals surface area contributed by atoms with E-state index in [0.717, 1.165) is 17.6 Å². The lowest BCUT2D eigenvalue weighted by atomic mass is 9.54. The SMILES string of the molecule is COC(=O)CCC(C)=CC1C=C(C)C(C)C2C(CC(C)C)NC(=O)C12C(=O)CCC(=O)O. The van der Waals surface area contributed by atoms with Crippen LogP contribution in [-0.2, 0) is 23.9 Å². The quantitative estimate of drug-likeness (QED) is 0.300. The van der Waals surface area contributed by atoms with Gasteiger partial charge in [-0.3, -0.25) is 19.2 Å². The van der Waals surface area contributed by atoms with Gasteiger partial charge in [-0.2, -0.15) is 0 Å². The Kier molecular flexibility index (Phi) is 8.43. The molecule has 7 nitrogen and oxygen atoms in total. The number of nitrogens with one attached hydrogen (secondary N) is 1. The van der Waals surface area contributed by atoms with Gasteiger partial charge in [0, 0.05) is 30.7 Å². The Hall–Kier alpha value is -2.44. The number of aliphatic carboxylic acids is 1. The van der Waals surface area contributed by atoms with Gasteiger partial charge in [0.25, 0.3) is 0 Å². The third-order valence-corrected chi connectivity index (χ3v) is 7.04. The summed E-state index contributed by atoms with van der Waals surface area (Å²) in [5, 5.41) is 12.3. The van der Waals surface area contributed by atoms with E-state index in [4.69, 9.17) is 9.84 Å². The molecule has 2 N–H and O–H groups in total. The molecule has 5 unspecified atom stereocenters. The van der Waals surface area contributed by atoms with E-state index in [2.05, 4.69) is 19.2 Å². The number of Topliss-reactive ketones (excluding diaryl/α,β-unsaturated/α-hetero) is 1. The molecule has 0 aromatic carbocycles. The predicted molar refractivity (Wildman–Crippen MR) is 121 cm³/mol. The first-order valence-electron chi connectivity index (χ1n) is 11.4. The molecule has 0 radical (unpaired) electrons. The van der Waals surface area contributed by atoms with Crippen molar-refractivity contribution in [3.05, 3.63) is 23.3 Å². The van der Waals surface area contributed by atoms with E-state index >= 15 is 0 Å². The molecule has 1 saturated heterocycles. The van der Waals surface area contributed by atoms with E-state index in [1.54, 1.807) is 0 Å².